The van der Waals surface area contributed by atoms with Crippen LogP contribution in [0.4, 0.5) is 5.69 Å². The summed E-state index contributed by atoms with van der Waals surface area (Å²) in [4.78, 5) is 27.1. The van der Waals surface area contributed by atoms with Gasteiger partial charge in [-0.2, -0.15) is 0 Å². The molecule has 29 heavy (non-hydrogen) atoms. The van der Waals surface area contributed by atoms with Crippen LogP contribution < -0.4 is 20.4 Å². The van der Waals surface area contributed by atoms with Crippen molar-refractivity contribution in [3.05, 3.63) is 29.3 Å². The van der Waals surface area contributed by atoms with Gasteiger partial charge in [0.15, 0.2) is 13.1 Å². The number of carbonyl (C=O) groups excluding carboxylic acids is 2. The molecule has 1 aromatic rings. The van der Waals surface area contributed by atoms with E-state index in [1.165, 1.54) is 16.2 Å². The summed E-state index contributed by atoms with van der Waals surface area (Å²) in [5.41, 5.74) is 0.655. The first-order valence-electron chi connectivity index (χ1n) is 10.8. The van der Waals surface area contributed by atoms with Gasteiger partial charge in [0.2, 0.25) is 0 Å². The van der Waals surface area contributed by atoms with E-state index in [9.17, 15) is 9.59 Å². The Hall–Kier alpha value is -1.63. The summed E-state index contributed by atoms with van der Waals surface area (Å²) in [6, 6.07) is 7.50. The maximum atomic E-state index is 12.3. The highest BCUT2D eigenvalue weighted by molar-refractivity contribution is 6.33. The van der Waals surface area contributed by atoms with Crippen LogP contribution in [0.2, 0.25) is 5.02 Å². The Bertz CT molecular complexity index is 660. The Morgan fingerprint density at radius 2 is 1.55 bits per heavy atom. The van der Waals surface area contributed by atoms with E-state index in [-0.39, 0.29) is 17.9 Å². The summed E-state index contributed by atoms with van der Waals surface area (Å²) in [6.07, 6.45) is 3.40. The standard InChI is InChI=1S/C22H35ClN4O2/c1-17(2)7-6-8-18(3)24-21(28)15-26-11-13-27(14-12-26)16-22(29)25-20-10-5-4-9-19(20)23/h4-5,9-10,17-18H,6-8,11-16H2,1-3H3,(H,24,28)(H,25,29)/p+2/t18-/m0/s1. The predicted molar refractivity (Wildman–Crippen MR) is 118 cm³/mol. The van der Waals surface area contributed by atoms with Crippen molar-refractivity contribution < 1.29 is 19.4 Å². The third kappa shape index (κ3) is 9.15. The molecule has 0 saturated carbocycles. The van der Waals surface area contributed by atoms with Crippen LogP contribution in [0.3, 0.4) is 0 Å². The molecule has 1 aliphatic rings. The normalized spacial score (nSPS) is 20.3. The molecule has 1 saturated heterocycles. The molecule has 0 bridgehead atoms. The number of amides is 2. The molecule has 0 aliphatic carbocycles. The van der Waals surface area contributed by atoms with Crippen LogP contribution in [0.5, 0.6) is 0 Å². The molecule has 1 aromatic carbocycles. The lowest BCUT2D eigenvalue weighted by Gasteiger charge is -2.29. The average molecular weight is 425 g/mol. The number of piperazine rings is 1. The zero-order chi connectivity index (χ0) is 21.2. The number of nitrogens with one attached hydrogen (secondary N) is 4. The number of hydrogen-bond donors (Lipinski definition) is 4. The minimum absolute atomic E-state index is 0.0236. The number of carbonyl (C=O) groups is 2. The Kier molecular flexibility index (Phi) is 9.91. The molecule has 1 fully saturated rings. The molecule has 1 aliphatic heterocycles. The van der Waals surface area contributed by atoms with Gasteiger partial charge in [-0.15, -0.1) is 0 Å². The summed E-state index contributed by atoms with van der Waals surface area (Å²) in [5.74, 6) is 0.828. The van der Waals surface area contributed by atoms with Gasteiger partial charge >= 0.3 is 0 Å². The highest BCUT2D eigenvalue weighted by Gasteiger charge is 2.26. The fraction of sp³-hybridized carbons (Fsp3) is 0.636. The van der Waals surface area contributed by atoms with Crippen molar-refractivity contribution in [2.75, 3.05) is 44.6 Å². The van der Waals surface area contributed by atoms with Crippen molar-refractivity contribution in [1.82, 2.24) is 5.32 Å². The van der Waals surface area contributed by atoms with Crippen molar-refractivity contribution >= 4 is 29.1 Å². The van der Waals surface area contributed by atoms with Crippen molar-refractivity contribution in [3.63, 3.8) is 0 Å². The second kappa shape index (κ2) is 12.2. The number of anilines is 1. The van der Waals surface area contributed by atoms with E-state index < -0.39 is 0 Å². The molecule has 162 valence electrons. The molecule has 0 unspecified atom stereocenters. The SMILES string of the molecule is CC(C)CCC[C@H](C)NC(=O)C[NH+]1CC[NH+](CC(=O)Nc2ccccc2Cl)CC1. The molecular weight excluding hydrogens is 388 g/mol. The molecule has 1 atom stereocenters. The van der Waals surface area contributed by atoms with Gasteiger partial charge in [0, 0.05) is 6.04 Å². The maximum absolute atomic E-state index is 12.3. The van der Waals surface area contributed by atoms with E-state index >= 15 is 0 Å². The van der Waals surface area contributed by atoms with Gasteiger partial charge in [0.1, 0.15) is 26.2 Å². The summed E-state index contributed by atoms with van der Waals surface area (Å²) < 4.78 is 0. The van der Waals surface area contributed by atoms with Crippen molar-refractivity contribution in [3.8, 4) is 0 Å². The van der Waals surface area contributed by atoms with Crippen molar-refractivity contribution in [1.29, 1.82) is 0 Å². The van der Waals surface area contributed by atoms with Crippen molar-refractivity contribution in [2.45, 2.75) is 46.1 Å². The topological polar surface area (TPSA) is 67.1 Å². The lowest BCUT2D eigenvalue weighted by molar-refractivity contribution is -1.00. The maximum Gasteiger partial charge on any atom is 0.279 e. The second-order valence-corrected chi connectivity index (χ2v) is 9.08. The predicted octanol–water partition coefficient (Wildman–Crippen LogP) is 0.393. The number of para-hydroxylation sites is 1. The molecule has 0 radical (unpaired) electrons. The van der Waals surface area contributed by atoms with E-state index in [0.717, 1.165) is 39.0 Å². The number of rotatable bonds is 10. The van der Waals surface area contributed by atoms with E-state index in [1.54, 1.807) is 12.1 Å². The molecule has 0 aromatic heterocycles. The van der Waals surface area contributed by atoms with Crippen LogP contribution >= 0.6 is 11.6 Å². The smallest absolute Gasteiger partial charge is 0.279 e. The largest absolute Gasteiger partial charge is 0.349 e. The Morgan fingerprint density at radius 3 is 2.14 bits per heavy atom. The first kappa shape index (κ1) is 23.6. The van der Waals surface area contributed by atoms with Crippen LogP contribution in [-0.2, 0) is 9.59 Å². The van der Waals surface area contributed by atoms with Crippen LogP contribution in [0.25, 0.3) is 0 Å². The third-order valence-corrected chi connectivity index (χ3v) is 5.79. The van der Waals surface area contributed by atoms with Crippen LogP contribution in [0.15, 0.2) is 24.3 Å². The van der Waals surface area contributed by atoms with Gasteiger partial charge in [-0.3, -0.25) is 9.59 Å². The summed E-state index contributed by atoms with van der Waals surface area (Å²) >= 11 is 6.09. The van der Waals surface area contributed by atoms with E-state index in [2.05, 4.69) is 31.4 Å². The highest BCUT2D eigenvalue weighted by atomic mass is 35.5. The van der Waals surface area contributed by atoms with E-state index in [0.29, 0.717) is 29.7 Å². The number of hydrogen-bond acceptors (Lipinski definition) is 2. The van der Waals surface area contributed by atoms with Gasteiger partial charge in [-0.25, -0.2) is 0 Å². The zero-order valence-electron chi connectivity index (χ0n) is 18.0. The van der Waals surface area contributed by atoms with Gasteiger partial charge in [-0.1, -0.05) is 50.4 Å². The minimum Gasteiger partial charge on any atom is -0.349 e. The quantitative estimate of drug-likeness (QED) is 0.439. The molecule has 4 N–H and O–H groups in total. The summed E-state index contributed by atoms with van der Waals surface area (Å²) in [7, 11) is 0. The van der Waals surface area contributed by atoms with E-state index in [4.69, 9.17) is 11.6 Å². The zero-order valence-corrected chi connectivity index (χ0v) is 18.8. The van der Waals surface area contributed by atoms with Gasteiger partial charge < -0.3 is 20.4 Å². The van der Waals surface area contributed by atoms with E-state index in [1.807, 2.05) is 12.1 Å². The molecule has 6 nitrogen and oxygen atoms in total. The lowest BCUT2D eigenvalue weighted by Crippen LogP contribution is -3.28. The molecule has 1 heterocycles. The van der Waals surface area contributed by atoms with Crippen LogP contribution in [-0.4, -0.2) is 57.1 Å². The van der Waals surface area contributed by atoms with Gasteiger partial charge in [0.25, 0.3) is 11.8 Å². The van der Waals surface area contributed by atoms with Crippen molar-refractivity contribution in [2.24, 2.45) is 5.92 Å². The van der Waals surface area contributed by atoms with Crippen LogP contribution in [0.1, 0.15) is 40.0 Å². The Labute approximate surface area is 180 Å². The minimum atomic E-state index is -0.0236. The first-order chi connectivity index (χ1) is 13.8. The monoisotopic (exact) mass is 424 g/mol. The Morgan fingerprint density at radius 1 is 0.966 bits per heavy atom. The molecule has 0 spiro atoms. The fourth-order valence-corrected chi connectivity index (χ4v) is 3.94. The van der Waals surface area contributed by atoms with Gasteiger partial charge in [0.05, 0.1) is 10.7 Å². The number of benzene rings is 1. The molecule has 2 rings (SSSR count). The number of halogens is 1. The average Bonchev–Trinajstić information content (AvgIpc) is 2.65. The summed E-state index contributed by atoms with van der Waals surface area (Å²) in [6.45, 7) is 11.1. The first-order valence-corrected chi connectivity index (χ1v) is 11.2. The lowest BCUT2D eigenvalue weighted by atomic mass is 10.0. The Balaban J connectivity index is 1.63. The molecule has 2 amide bonds. The van der Waals surface area contributed by atoms with Gasteiger partial charge in [-0.05, 0) is 31.4 Å². The highest BCUT2D eigenvalue weighted by Crippen LogP contribution is 2.19. The number of quaternary nitrogens is 2. The molecular formula is C22H37ClN4O2+2. The second-order valence-electron chi connectivity index (χ2n) is 8.67. The molecule has 7 heteroatoms. The summed E-state index contributed by atoms with van der Waals surface area (Å²) in [5, 5.41) is 6.57. The van der Waals surface area contributed by atoms with Crippen LogP contribution in [0, 0.1) is 5.92 Å². The third-order valence-electron chi connectivity index (χ3n) is 5.46. The fourth-order valence-electron chi connectivity index (χ4n) is 3.75.